The first-order chi connectivity index (χ1) is 13.9. The monoisotopic (exact) mass is 418 g/mol. The maximum absolute atomic E-state index is 12.7. The molecule has 1 heterocycles. The van der Waals surface area contributed by atoms with Gasteiger partial charge in [-0.05, 0) is 36.4 Å². The lowest BCUT2D eigenvalue weighted by atomic mass is 10.2. The molecule has 3 rings (SSSR count). The van der Waals surface area contributed by atoms with Crippen molar-refractivity contribution >= 4 is 15.9 Å². The normalized spacial score (nSPS) is 16.4. The van der Waals surface area contributed by atoms with Crippen LogP contribution in [0.4, 0.5) is 0 Å². The molecule has 0 radical (unpaired) electrons. The fraction of sp³-hybridized carbons (Fsp3) is 0.381. The van der Waals surface area contributed by atoms with Crippen molar-refractivity contribution in [3.63, 3.8) is 0 Å². The lowest BCUT2D eigenvalue weighted by Crippen LogP contribution is -3.09. The Morgan fingerprint density at radius 3 is 2.21 bits per heavy atom. The van der Waals surface area contributed by atoms with Crippen LogP contribution in [-0.4, -0.2) is 70.4 Å². The number of ether oxygens (including phenoxy) is 1. The molecular formula is C21H28N3O4S+. The zero-order valence-electron chi connectivity index (χ0n) is 16.9. The molecule has 2 aromatic carbocycles. The molecule has 1 saturated heterocycles. The largest absolute Gasteiger partial charge is 0.497 e. The molecule has 1 N–H and O–H groups in total. The molecule has 156 valence electrons. The number of nitrogens with zero attached hydrogens (tertiary/aromatic N) is 2. The number of nitrogens with one attached hydrogen (secondary N) is 1. The molecule has 7 nitrogen and oxygen atoms in total. The van der Waals surface area contributed by atoms with Gasteiger partial charge in [-0.25, -0.2) is 8.42 Å². The lowest BCUT2D eigenvalue weighted by molar-refractivity contribution is -0.885. The molecule has 1 fully saturated rings. The SMILES string of the molecule is COc1ccc(C[NH+](C)CC(=O)N2CCN(S(=O)(=O)c3ccccc3)CC2)cc1. The summed E-state index contributed by atoms with van der Waals surface area (Å²) in [5.41, 5.74) is 1.13. The van der Waals surface area contributed by atoms with Crippen molar-refractivity contribution in [3.05, 3.63) is 60.2 Å². The quantitative estimate of drug-likeness (QED) is 0.700. The second-order valence-corrected chi connectivity index (χ2v) is 9.19. The minimum absolute atomic E-state index is 0.0489. The predicted octanol–water partition coefficient (Wildman–Crippen LogP) is 0.243. The number of amides is 1. The summed E-state index contributed by atoms with van der Waals surface area (Å²) in [7, 11) is 0.118. The molecule has 2 aromatic rings. The van der Waals surface area contributed by atoms with E-state index in [4.69, 9.17) is 4.74 Å². The van der Waals surface area contributed by atoms with Crippen molar-refractivity contribution in [3.8, 4) is 5.75 Å². The number of hydrogen-bond donors (Lipinski definition) is 1. The minimum atomic E-state index is -3.50. The van der Waals surface area contributed by atoms with Crippen molar-refractivity contribution in [2.75, 3.05) is 46.9 Å². The number of sulfonamides is 1. The molecule has 0 aliphatic carbocycles. The third-order valence-electron chi connectivity index (χ3n) is 5.09. The van der Waals surface area contributed by atoms with Gasteiger partial charge < -0.3 is 14.5 Å². The van der Waals surface area contributed by atoms with E-state index in [1.807, 2.05) is 31.3 Å². The third kappa shape index (κ3) is 5.35. The Morgan fingerprint density at radius 2 is 1.62 bits per heavy atom. The molecule has 1 amide bonds. The number of rotatable bonds is 7. The van der Waals surface area contributed by atoms with Crippen molar-refractivity contribution in [1.82, 2.24) is 9.21 Å². The zero-order chi connectivity index (χ0) is 20.9. The van der Waals surface area contributed by atoms with Crippen LogP contribution in [0.2, 0.25) is 0 Å². The van der Waals surface area contributed by atoms with Gasteiger partial charge in [-0.1, -0.05) is 18.2 Å². The molecule has 1 atom stereocenters. The first-order valence-corrected chi connectivity index (χ1v) is 11.1. The van der Waals surface area contributed by atoms with Gasteiger partial charge >= 0.3 is 0 Å². The molecule has 8 heteroatoms. The highest BCUT2D eigenvalue weighted by atomic mass is 32.2. The number of piperazine rings is 1. The molecule has 1 aliphatic rings. The smallest absolute Gasteiger partial charge is 0.277 e. The highest BCUT2D eigenvalue weighted by Crippen LogP contribution is 2.17. The van der Waals surface area contributed by atoms with E-state index in [1.54, 1.807) is 42.3 Å². The van der Waals surface area contributed by atoms with E-state index < -0.39 is 10.0 Å². The first kappa shape index (κ1) is 21.3. The van der Waals surface area contributed by atoms with Gasteiger partial charge in [0.2, 0.25) is 10.0 Å². The van der Waals surface area contributed by atoms with Crippen molar-refractivity contribution in [2.24, 2.45) is 0 Å². The maximum atomic E-state index is 12.7. The van der Waals surface area contributed by atoms with Gasteiger partial charge in [0.1, 0.15) is 12.3 Å². The number of methoxy groups -OCH3 is 1. The molecule has 1 unspecified atom stereocenters. The van der Waals surface area contributed by atoms with E-state index in [9.17, 15) is 13.2 Å². The van der Waals surface area contributed by atoms with E-state index in [1.165, 1.54) is 4.31 Å². The van der Waals surface area contributed by atoms with Gasteiger partial charge in [0.25, 0.3) is 5.91 Å². The Balaban J connectivity index is 1.50. The van der Waals surface area contributed by atoms with Crippen LogP contribution in [0.3, 0.4) is 0 Å². The van der Waals surface area contributed by atoms with Crippen LogP contribution in [0.1, 0.15) is 5.56 Å². The summed E-state index contributed by atoms with van der Waals surface area (Å²) in [6, 6.07) is 16.3. The molecule has 0 saturated carbocycles. The first-order valence-electron chi connectivity index (χ1n) is 9.67. The van der Waals surface area contributed by atoms with Crippen LogP contribution in [0.25, 0.3) is 0 Å². The van der Waals surface area contributed by atoms with E-state index >= 15 is 0 Å². The van der Waals surface area contributed by atoms with Crippen LogP contribution >= 0.6 is 0 Å². The van der Waals surface area contributed by atoms with Gasteiger partial charge in [-0.2, -0.15) is 4.31 Å². The van der Waals surface area contributed by atoms with E-state index in [0.29, 0.717) is 37.6 Å². The zero-order valence-corrected chi connectivity index (χ0v) is 17.7. The Morgan fingerprint density at radius 1 is 1.00 bits per heavy atom. The molecule has 0 aromatic heterocycles. The number of carbonyl (C=O) groups excluding carboxylic acids is 1. The minimum Gasteiger partial charge on any atom is -0.497 e. The Hall–Kier alpha value is -2.42. The average Bonchev–Trinajstić information content (AvgIpc) is 2.75. The Bertz CT molecular complexity index is 909. The number of carbonyl (C=O) groups is 1. The summed E-state index contributed by atoms with van der Waals surface area (Å²) in [6.45, 7) is 2.58. The Labute approximate surface area is 172 Å². The fourth-order valence-electron chi connectivity index (χ4n) is 3.44. The predicted molar refractivity (Wildman–Crippen MR) is 110 cm³/mol. The molecule has 0 spiro atoms. The highest BCUT2D eigenvalue weighted by Gasteiger charge is 2.30. The summed E-state index contributed by atoms with van der Waals surface area (Å²) in [4.78, 5) is 15.8. The molecule has 0 bridgehead atoms. The fourth-order valence-corrected chi connectivity index (χ4v) is 4.89. The number of likely N-dealkylation sites (N-methyl/N-ethyl adjacent to an activating group) is 1. The second-order valence-electron chi connectivity index (χ2n) is 7.26. The van der Waals surface area contributed by atoms with Gasteiger partial charge in [0.05, 0.1) is 19.1 Å². The standard InChI is InChI=1S/C21H27N3O4S/c1-22(16-18-8-10-19(28-2)11-9-18)17-21(25)23-12-14-24(15-13-23)29(26,27)20-6-4-3-5-7-20/h3-11H,12-17H2,1-2H3/p+1. The molecular weight excluding hydrogens is 390 g/mol. The van der Waals surface area contributed by atoms with Crippen LogP contribution in [0, 0.1) is 0 Å². The topological polar surface area (TPSA) is 71.4 Å². The van der Waals surface area contributed by atoms with Gasteiger partial charge in [-0.3, -0.25) is 4.79 Å². The molecule has 29 heavy (non-hydrogen) atoms. The van der Waals surface area contributed by atoms with E-state index in [-0.39, 0.29) is 5.91 Å². The second kappa shape index (κ2) is 9.39. The highest BCUT2D eigenvalue weighted by molar-refractivity contribution is 7.89. The average molecular weight is 419 g/mol. The number of benzene rings is 2. The molecule has 1 aliphatic heterocycles. The third-order valence-corrected chi connectivity index (χ3v) is 7.00. The summed E-state index contributed by atoms with van der Waals surface area (Å²) >= 11 is 0. The van der Waals surface area contributed by atoms with Crippen LogP contribution < -0.4 is 9.64 Å². The summed E-state index contributed by atoms with van der Waals surface area (Å²) in [6.07, 6.45) is 0. The van der Waals surface area contributed by atoms with E-state index in [0.717, 1.165) is 22.8 Å². The van der Waals surface area contributed by atoms with Gasteiger partial charge in [0.15, 0.2) is 6.54 Å². The Kier molecular flexibility index (Phi) is 6.89. The van der Waals surface area contributed by atoms with Crippen molar-refractivity contribution < 1.29 is 22.8 Å². The van der Waals surface area contributed by atoms with Gasteiger partial charge in [0, 0.05) is 31.7 Å². The maximum Gasteiger partial charge on any atom is 0.277 e. The van der Waals surface area contributed by atoms with Crippen LogP contribution in [-0.2, 0) is 21.4 Å². The number of quaternary nitrogens is 1. The van der Waals surface area contributed by atoms with Crippen LogP contribution in [0.15, 0.2) is 59.5 Å². The number of hydrogen-bond acceptors (Lipinski definition) is 4. The van der Waals surface area contributed by atoms with Gasteiger partial charge in [-0.15, -0.1) is 0 Å². The summed E-state index contributed by atoms with van der Waals surface area (Å²) in [5, 5.41) is 0. The van der Waals surface area contributed by atoms with Crippen molar-refractivity contribution in [2.45, 2.75) is 11.4 Å². The summed E-state index contributed by atoms with van der Waals surface area (Å²) < 4.78 is 32.0. The van der Waals surface area contributed by atoms with Crippen molar-refractivity contribution in [1.29, 1.82) is 0 Å². The summed E-state index contributed by atoms with van der Waals surface area (Å²) in [5.74, 6) is 0.860. The van der Waals surface area contributed by atoms with Crippen LogP contribution in [0.5, 0.6) is 5.75 Å². The van der Waals surface area contributed by atoms with E-state index in [2.05, 4.69) is 0 Å². The lowest BCUT2D eigenvalue weighted by Gasteiger charge is -2.34.